The maximum absolute atomic E-state index is 11.4. The van der Waals surface area contributed by atoms with Crippen LogP contribution in [-0.4, -0.2) is 31.3 Å². The molecule has 0 radical (unpaired) electrons. The van der Waals surface area contributed by atoms with E-state index in [9.17, 15) is 4.79 Å². The highest BCUT2D eigenvalue weighted by atomic mass is 16.6. The molecule has 18 heavy (non-hydrogen) atoms. The topological polar surface area (TPSA) is 50.4 Å². The zero-order valence-electron chi connectivity index (χ0n) is 12.1. The van der Waals surface area contributed by atoms with Crippen molar-refractivity contribution in [2.45, 2.75) is 58.5 Å². The number of amides is 1. The van der Waals surface area contributed by atoms with Crippen LogP contribution in [0.4, 0.5) is 4.79 Å². The third kappa shape index (κ3) is 7.54. The maximum Gasteiger partial charge on any atom is 0.407 e. The molecule has 1 rings (SSSR count). The summed E-state index contributed by atoms with van der Waals surface area (Å²) in [5.41, 5.74) is -0.405. The van der Waals surface area contributed by atoms with E-state index in [1.54, 1.807) is 0 Å². The number of ether oxygens (including phenoxy) is 1. The largest absolute Gasteiger partial charge is 0.444 e. The average Bonchev–Trinajstić information content (AvgIpc) is 2.27. The lowest BCUT2D eigenvalue weighted by Gasteiger charge is -2.22. The highest BCUT2D eigenvalue weighted by Crippen LogP contribution is 2.16. The summed E-state index contributed by atoms with van der Waals surface area (Å²) in [5, 5.41) is 6.23. The Morgan fingerprint density at radius 3 is 2.78 bits per heavy atom. The molecule has 1 fully saturated rings. The standard InChI is InChI=1S/C14H28N2O2/c1-14(2,3)18-13(17)16-10-5-4-7-12-8-6-9-15-11-12/h12,15H,4-11H2,1-3H3,(H,16,17)/t12-/m1/s1. The zero-order chi connectivity index (χ0) is 13.4. The van der Waals surface area contributed by atoms with E-state index in [0.717, 1.165) is 18.9 Å². The van der Waals surface area contributed by atoms with Gasteiger partial charge in [0.25, 0.3) is 0 Å². The first-order chi connectivity index (χ1) is 8.47. The van der Waals surface area contributed by atoms with Gasteiger partial charge in [-0.2, -0.15) is 0 Å². The Bertz CT molecular complexity index is 243. The summed E-state index contributed by atoms with van der Waals surface area (Å²) < 4.78 is 5.17. The Morgan fingerprint density at radius 1 is 1.39 bits per heavy atom. The van der Waals surface area contributed by atoms with Crippen LogP contribution >= 0.6 is 0 Å². The highest BCUT2D eigenvalue weighted by molar-refractivity contribution is 5.67. The number of hydrogen-bond acceptors (Lipinski definition) is 3. The van der Waals surface area contributed by atoms with Gasteiger partial charge in [-0.25, -0.2) is 4.79 Å². The summed E-state index contributed by atoms with van der Waals surface area (Å²) in [6.45, 7) is 8.69. The molecule has 1 amide bonds. The number of rotatable bonds is 5. The van der Waals surface area contributed by atoms with Crippen LogP contribution < -0.4 is 10.6 Å². The summed E-state index contributed by atoms with van der Waals surface area (Å²) in [6, 6.07) is 0. The van der Waals surface area contributed by atoms with Gasteiger partial charge in [0.1, 0.15) is 5.60 Å². The molecule has 1 aliphatic rings. The molecule has 4 nitrogen and oxygen atoms in total. The van der Waals surface area contributed by atoms with E-state index in [0.29, 0.717) is 0 Å². The molecule has 1 aliphatic heterocycles. The van der Waals surface area contributed by atoms with Gasteiger partial charge >= 0.3 is 6.09 Å². The third-order valence-electron chi connectivity index (χ3n) is 3.11. The minimum Gasteiger partial charge on any atom is -0.444 e. The molecule has 1 atom stereocenters. The number of carbonyl (C=O) groups excluding carboxylic acids is 1. The number of nitrogens with one attached hydrogen (secondary N) is 2. The number of carbonyl (C=O) groups is 1. The molecule has 0 saturated carbocycles. The predicted molar refractivity (Wildman–Crippen MR) is 73.7 cm³/mol. The molecule has 4 heteroatoms. The molecular weight excluding hydrogens is 228 g/mol. The first-order valence-electron chi connectivity index (χ1n) is 7.15. The first kappa shape index (κ1) is 15.3. The van der Waals surface area contributed by atoms with Crippen LogP contribution in [0.3, 0.4) is 0 Å². The number of hydrogen-bond donors (Lipinski definition) is 2. The van der Waals surface area contributed by atoms with Crippen LogP contribution in [-0.2, 0) is 4.74 Å². The second-order valence-corrected chi connectivity index (χ2v) is 6.14. The summed E-state index contributed by atoms with van der Waals surface area (Å²) in [7, 11) is 0. The summed E-state index contributed by atoms with van der Waals surface area (Å²) in [4.78, 5) is 11.4. The van der Waals surface area contributed by atoms with Crippen LogP contribution in [0, 0.1) is 5.92 Å². The summed E-state index contributed by atoms with van der Waals surface area (Å²) >= 11 is 0. The van der Waals surface area contributed by atoms with Crippen molar-refractivity contribution >= 4 is 6.09 Å². The van der Waals surface area contributed by atoms with Crippen molar-refractivity contribution in [2.75, 3.05) is 19.6 Å². The molecule has 1 heterocycles. The van der Waals surface area contributed by atoms with Gasteiger partial charge in [-0.1, -0.05) is 6.42 Å². The lowest BCUT2D eigenvalue weighted by atomic mass is 9.94. The van der Waals surface area contributed by atoms with Crippen molar-refractivity contribution in [3.63, 3.8) is 0 Å². The minimum atomic E-state index is -0.405. The molecule has 2 N–H and O–H groups in total. The fourth-order valence-electron chi connectivity index (χ4n) is 2.23. The Kier molecular flexibility index (Phi) is 6.47. The van der Waals surface area contributed by atoms with Crippen molar-refractivity contribution in [1.82, 2.24) is 10.6 Å². The number of alkyl carbamates (subject to hydrolysis) is 1. The van der Waals surface area contributed by atoms with E-state index in [1.165, 1.54) is 38.8 Å². The fraction of sp³-hybridized carbons (Fsp3) is 0.929. The Balaban J connectivity index is 1.96. The quantitative estimate of drug-likeness (QED) is 0.744. The van der Waals surface area contributed by atoms with Crippen LogP contribution in [0.5, 0.6) is 0 Å². The average molecular weight is 256 g/mol. The van der Waals surface area contributed by atoms with E-state index in [1.807, 2.05) is 20.8 Å². The first-order valence-corrected chi connectivity index (χ1v) is 7.15. The number of piperidine rings is 1. The third-order valence-corrected chi connectivity index (χ3v) is 3.11. The SMILES string of the molecule is CC(C)(C)OC(=O)NCCCC[C@@H]1CCCNC1. The Morgan fingerprint density at radius 2 is 2.17 bits per heavy atom. The Labute approximate surface area is 111 Å². The molecule has 1 saturated heterocycles. The minimum absolute atomic E-state index is 0.304. The molecule has 0 spiro atoms. The van der Waals surface area contributed by atoms with Crippen molar-refractivity contribution in [3.05, 3.63) is 0 Å². The van der Waals surface area contributed by atoms with Crippen LogP contribution in [0.15, 0.2) is 0 Å². The monoisotopic (exact) mass is 256 g/mol. The lowest BCUT2D eigenvalue weighted by Crippen LogP contribution is -2.33. The molecular formula is C14H28N2O2. The molecule has 0 unspecified atom stereocenters. The predicted octanol–water partition coefficient (Wildman–Crippen LogP) is 2.68. The number of unbranched alkanes of at least 4 members (excludes halogenated alkanes) is 1. The van der Waals surface area contributed by atoms with E-state index >= 15 is 0 Å². The summed E-state index contributed by atoms with van der Waals surface area (Å²) in [5.74, 6) is 0.834. The van der Waals surface area contributed by atoms with E-state index in [-0.39, 0.29) is 6.09 Å². The van der Waals surface area contributed by atoms with E-state index in [4.69, 9.17) is 4.74 Å². The highest BCUT2D eigenvalue weighted by Gasteiger charge is 2.15. The second-order valence-electron chi connectivity index (χ2n) is 6.14. The van der Waals surface area contributed by atoms with Crippen LogP contribution in [0.2, 0.25) is 0 Å². The van der Waals surface area contributed by atoms with E-state index < -0.39 is 5.60 Å². The molecule has 106 valence electrons. The van der Waals surface area contributed by atoms with Crippen molar-refractivity contribution < 1.29 is 9.53 Å². The molecule has 0 aromatic rings. The lowest BCUT2D eigenvalue weighted by molar-refractivity contribution is 0.0527. The van der Waals surface area contributed by atoms with Gasteiger partial charge in [0.15, 0.2) is 0 Å². The zero-order valence-corrected chi connectivity index (χ0v) is 12.1. The van der Waals surface area contributed by atoms with Gasteiger partial charge in [0.05, 0.1) is 0 Å². The molecule has 0 bridgehead atoms. The van der Waals surface area contributed by atoms with Crippen molar-refractivity contribution in [1.29, 1.82) is 0 Å². The maximum atomic E-state index is 11.4. The normalized spacial score (nSPS) is 20.5. The van der Waals surface area contributed by atoms with Gasteiger partial charge in [-0.05, 0) is 65.5 Å². The van der Waals surface area contributed by atoms with Gasteiger partial charge < -0.3 is 15.4 Å². The smallest absolute Gasteiger partial charge is 0.407 e. The molecule has 0 aromatic carbocycles. The molecule has 0 aliphatic carbocycles. The van der Waals surface area contributed by atoms with Crippen LogP contribution in [0.25, 0.3) is 0 Å². The molecule has 0 aromatic heterocycles. The van der Waals surface area contributed by atoms with Crippen molar-refractivity contribution in [3.8, 4) is 0 Å². The second kappa shape index (κ2) is 7.62. The Hall–Kier alpha value is -0.770. The summed E-state index contributed by atoms with van der Waals surface area (Å²) in [6.07, 6.45) is 5.84. The van der Waals surface area contributed by atoms with Gasteiger partial charge in [0.2, 0.25) is 0 Å². The van der Waals surface area contributed by atoms with E-state index in [2.05, 4.69) is 10.6 Å². The van der Waals surface area contributed by atoms with Crippen LogP contribution in [0.1, 0.15) is 52.9 Å². The van der Waals surface area contributed by atoms with Gasteiger partial charge in [0, 0.05) is 6.54 Å². The van der Waals surface area contributed by atoms with Gasteiger partial charge in [-0.3, -0.25) is 0 Å². The van der Waals surface area contributed by atoms with Gasteiger partial charge in [-0.15, -0.1) is 0 Å². The van der Waals surface area contributed by atoms with Crippen molar-refractivity contribution in [2.24, 2.45) is 5.92 Å². The fourth-order valence-corrected chi connectivity index (χ4v) is 2.23.